The van der Waals surface area contributed by atoms with Crippen molar-refractivity contribution < 1.29 is 8.42 Å². The van der Waals surface area contributed by atoms with Gasteiger partial charge in [-0.05, 0) is 25.2 Å². The van der Waals surface area contributed by atoms with Crippen molar-refractivity contribution in [2.75, 3.05) is 19.3 Å². The first-order valence-electron chi connectivity index (χ1n) is 7.28. The monoisotopic (exact) mass is 321 g/mol. The third-order valence-corrected chi connectivity index (χ3v) is 5.25. The van der Waals surface area contributed by atoms with Crippen LogP contribution in [0.1, 0.15) is 18.5 Å². The van der Waals surface area contributed by atoms with Crippen LogP contribution in [-0.4, -0.2) is 52.2 Å². The number of piperidine rings is 1. The number of sulfonamides is 1. The molecule has 1 N–H and O–H groups in total. The zero-order valence-corrected chi connectivity index (χ0v) is 13.3. The van der Waals surface area contributed by atoms with E-state index in [1.807, 2.05) is 0 Å². The highest BCUT2D eigenvalue weighted by Crippen LogP contribution is 2.25. The molecule has 0 aromatic carbocycles. The molecule has 1 aliphatic heterocycles. The smallest absolute Gasteiger partial charge is 0.211 e. The van der Waals surface area contributed by atoms with Gasteiger partial charge in [0.1, 0.15) is 0 Å². The van der Waals surface area contributed by atoms with Gasteiger partial charge in [-0.15, -0.1) is 0 Å². The van der Waals surface area contributed by atoms with Crippen LogP contribution in [0.4, 0.5) is 0 Å². The Morgan fingerprint density at radius 1 is 1.36 bits per heavy atom. The zero-order chi connectivity index (χ0) is 15.6. The highest BCUT2D eigenvalue weighted by molar-refractivity contribution is 7.88. The summed E-state index contributed by atoms with van der Waals surface area (Å²) in [6, 6.07) is 0. The Morgan fingerprint density at radius 3 is 2.91 bits per heavy atom. The molecule has 0 spiro atoms. The minimum atomic E-state index is -3.12. The number of hydrogen-bond acceptors (Lipinski definition) is 5. The van der Waals surface area contributed by atoms with Gasteiger partial charge in [0, 0.05) is 37.2 Å². The van der Waals surface area contributed by atoms with E-state index in [9.17, 15) is 8.42 Å². The minimum absolute atomic E-state index is 0.269. The van der Waals surface area contributed by atoms with E-state index in [1.54, 1.807) is 29.1 Å². The van der Waals surface area contributed by atoms with E-state index in [2.05, 4.69) is 20.2 Å². The molecule has 0 radical (unpaired) electrons. The molecule has 2 aromatic rings. The van der Waals surface area contributed by atoms with E-state index < -0.39 is 10.0 Å². The fourth-order valence-electron chi connectivity index (χ4n) is 2.91. The van der Waals surface area contributed by atoms with Gasteiger partial charge >= 0.3 is 0 Å². The quantitative estimate of drug-likeness (QED) is 0.910. The molecule has 3 heterocycles. The Morgan fingerprint density at radius 2 is 2.18 bits per heavy atom. The van der Waals surface area contributed by atoms with Gasteiger partial charge in [-0.3, -0.25) is 15.1 Å². The summed E-state index contributed by atoms with van der Waals surface area (Å²) >= 11 is 0. The standard InChI is InChI=1S/C14H19N5O2S/c1-22(20,21)19-6-2-3-11(10-19)7-13-14(16-5-4-15-13)12-8-17-18-9-12/h4-5,8-9,11H,2-3,6-7,10H2,1H3,(H,17,18)/t11-/m1/s1. The van der Waals surface area contributed by atoms with Crippen LogP contribution in [0.2, 0.25) is 0 Å². The highest BCUT2D eigenvalue weighted by Gasteiger charge is 2.27. The summed E-state index contributed by atoms with van der Waals surface area (Å²) in [4.78, 5) is 8.84. The maximum atomic E-state index is 11.7. The summed E-state index contributed by atoms with van der Waals surface area (Å²) < 4.78 is 25.0. The van der Waals surface area contributed by atoms with E-state index in [1.165, 1.54) is 6.26 Å². The van der Waals surface area contributed by atoms with Crippen molar-refractivity contribution in [3.05, 3.63) is 30.5 Å². The van der Waals surface area contributed by atoms with Crippen LogP contribution in [0.3, 0.4) is 0 Å². The van der Waals surface area contributed by atoms with Crippen molar-refractivity contribution >= 4 is 10.0 Å². The Balaban J connectivity index is 1.79. The van der Waals surface area contributed by atoms with Crippen LogP contribution >= 0.6 is 0 Å². The Hall–Kier alpha value is -1.80. The third-order valence-electron chi connectivity index (χ3n) is 3.98. The topological polar surface area (TPSA) is 91.8 Å². The molecule has 1 atom stereocenters. The molecule has 0 bridgehead atoms. The third kappa shape index (κ3) is 3.33. The molecule has 1 fully saturated rings. The van der Waals surface area contributed by atoms with Gasteiger partial charge in [-0.1, -0.05) is 0 Å². The van der Waals surface area contributed by atoms with Crippen LogP contribution in [0.15, 0.2) is 24.8 Å². The maximum Gasteiger partial charge on any atom is 0.211 e. The number of aromatic amines is 1. The van der Waals surface area contributed by atoms with Crippen molar-refractivity contribution in [3.63, 3.8) is 0 Å². The SMILES string of the molecule is CS(=O)(=O)N1CCC[C@H](Cc2nccnc2-c2cn[nH]c2)C1. The Labute approximate surface area is 129 Å². The second kappa shape index (κ2) is 6.13. The van der Waals surface area contributed by atoms with Gasteiger partial charge in [-0.2, -0.15) is 5.10 Å². The van der Waals surface area contributed by atoms with Gasteiger partial charge in [0.15, 0.2) is 0 Å². The van der Waals surface area contributed by atoms with Crippen LogP contribution in [0.5, 0.6) is 0 Å². The largest absolute Gasteiger partial charge is 0.285 e. The lowest BCUT2D eigenvalue weighted by Gasteiger charge is -2.30. The predicted octanol–water partition coefficient (Wildman–Crippen LogP) is 1.08. The summed E-state index contributed by atoms with van der Waals surface area (Å²) in [5.41, 5.74) is 2.61. The number of H-pyrrole nitrogens is 1. The van der Waals surface area contributed by atoms with Crippen molar-refractivity contribution in [1.29, 1.82) is 0 Å². The summed E-state index contributed by atoms with van der Waals surface area (Å²) in [7, 11) is -3.12. The van der Waals surface area contributed by atoms with E-state index in [0.717, 1.165) is 36.2 Å². The molecular weight excluding hydrogens is 302 g/mol. The summed E-state index contributed by atoms with van der Waals surface area (Å²) in [5, 5.41) is 6.73. The van der Waals surface area contributed by atoms with Gasteiger partial charge in [-0.25, -0.2) is 12.7 Å². The summed E-state index contributed by atoms with van der Waals surface area (Å²) in [5.74, 6) is 0.269. The maximum absolute atomic E-state index is 11.7. The van der Waals surface area contributed by atoms with E-state index in [0.29, 0.717) is 13.1 Å². The van der Waals surface area contributed by atoms with Gasteiger partial charge in [0.25, 0.3) is 0 Å². The molecule has 118 valence electrons. The second-order valence-electron chi connectivity index (χ2n) is 5.67. The first-order valence-corrected chi connectivity index (χ1v) is 9.13. The van der Waals surface area contributed by atoms with Crippen molar-refractivity contribution in [2.45, 2.75) is 19.3 Å². The number of aromatic nitrogens is 4. The van der Waals surface area contributed by atoms with Gasteiger partial charge in [0.05, 0.1) is 23.8 Å². The Bertz CT molecular complexity index is 729. The van der Waals surface area contributed by atoms with Gasteiger partial charge in [0.2, 0.25) is 10.0 Å². The van der Waals surface area contributed by atoms with Crippen LogP contribution < -0.4 is 0 Å². The molecule has 2 aromatic heterocycles. The zero-order valence-electron chi connectivity index (χ0n) is 12.4. The van der Waals surface area contributed by atoms with Crippen LogP contribution in [-0.2, 0) is 16.4 Å². The predicted molar refractivity (Wildman–Crippen MR) is 82.5 cm³/mol. The summed E-state index contributed by atoms with van der Waals surface area (Å²) in [6.45, 7) is 1.17. The molecule has 8 heteroatoms. The number of nitrogens with zero attached hydrogens (tertiary/aromatic N) is 4. The molecule has 22 heavy (non-hydrogen) atoms. The number of nitrogens with one attached hydrogen (secondary N) is 1. The lowest BCUT2D eigenvalue weighted by molar-refractivity contribution is 0.265. The minimum Gasteiger partial charge on any atom is -0.285 e. The fourth-order valence-corrected chi connectivity index (χ4v) is 3.85. The molecule has 3 rings (SSSR count). The molecule has 1 saturated heterocycles. The van der Waals surface area contributed by atoms with E-state index in [-0.39, 0.29) is 5.92 Å². The molecule has 0 aliphatic carbocycles. The van der Waals surface area contributed by atoms with Crippen molar-refractivity contribution in [1.82, 2.24) is 24.5 Å². The number of hydrogen-bond donors (Lipinski definition) is 1. The average Bonchev–Trinajstić information content (AvgIpc) is 3.01. The van der Waals surface area contributed by atoms with Crippen LogP contribution in [0.25, 0.3) is 11.3 Å². The van der Waals surface area contributed by atoms with E-state index >= 15 is 0 Å². The molecular formula is C14H19N5O2S. The first-order chi connectivity index (χ1) is 10.5. The molecule has 7 nitrogen and oxygen atoms in total. The highest BCUT2D eigenvalue weighted by atomic mass is 32.2. The lowest BCUT2D eigenvalue weighted by Crippen LogP contribution is -2.39. The molecule has 0 unspecified atom stereocenters. The average molecular weight is 321 g/mol. The van der Waals surface area contributed by atoms with Gasteiger partial charge < -0.3 is 0 Å². The fraction of sp³-hybridized carbons (Fsp3) is 0.500. The van der Waals surface area contributed by atoms with Crippen molar-refractivity contribution in [3.8, 4) is 11.3 Å². The second-order valence-corrected chi connectivity index (χ2v) is 7.65. The molecule has 0 amide bonds. The molecule has 1 aliphatic rings. The van der Waals surface area contributed by atoms with Crippen molar-refractivity contribution in [2.24, 2.45) is 5.92 Å². The lowest BCUT2D eigenvalue weighted by atomic mass is 9.93. The summed E-state index contributed by atoms with van der Waals surface area (Å²) in [6.07, 6.45) is 10.7. The normalized spacial score (nSPS) is 20.1. The Kier molecular flexibility index (Phi) is 4.21. The molecule has 0 saturated carbocycles. The first kappa shape index (κ1) is 15.1. The number of rotatable bonds is 4. The van der Waals surface area contributed by atoms with E-state index in [4.69, 9.17) is 0 Å². The van der Waals surface area contributed by atoms with Crippen LogP contribution in [0, 0.1) is 5.92 Å².